The number of rotatable bonds is 6. The van der Waals surface area contributed by atoms with Crippen LogP contribution in [0.4, 0.5) is 5.69 Å². The van der Waals surface area contributed by atoms with E-state index in [-0.39, 0.29) is 23.9 Å². The van der Waals surface area contributed by atoms with Gasteiger partial charge in [0.25, 0.3) is 5.91 Å². The number of carbonyl (C=O) groups excluding carboxylic acids is 2. The summed E-state index contributed by atoms with van der Waals surface area (Å²) >= 11 is 0. The molecule has 5 heteroatoms. The van der Waals surface area contributed by atoms with E-state index in [9.17, 15) is 9.59 Å². The molecule has 0 radical (unpaired) electrons. The van der Waals surface area contributed by atoms with E-state index < -0.39 is 0 Å². The maximum Gasteiger partial charge on any atom is 0.251 e. The average molecular weight is 289 g/mol. The smallest absolute Gasteiger partial charge is 0.251 e. The zero-order valence-corrected chi connectivity index (χ0v) is 12.6. The van der Waals surface area contributed by atoms with Crippen LogP contribution in [0.2, 0.25) is 0 Å². The Hall–Kier alpha value is -1.88. The van der Waals surface area contributed by atoms with Crippen molar-refractivity contribution in [3.63, 3.8) is 0 Å². The first kappa shape index (κ1) is 15.5. The predicted molar refractivity (Wildman–Crippen MR) is 83.0 cm³/mol. The summed E-state index contributed by atoms with van der Waals surface area (Å²) in [5.74, 6) is 0.255. The van der Waals surface area contributed by atoms with Crippen LogP contribution in [0.25, 0.3) is 0 Å². The van der Waals surface area contributed by atoms with Gasteiger partial charge in [-0.25, -0.2) is 0 Å². The van der Waals surface area contributed by atoms with E-state index >= 15 is 0 Å². The summed E-state index contributed by atoms with van der Waals surface area (Å²) < 4.78 is 0. The first-order valence-corrected chi connectivity index (χ1v) is 7.42. The van der Waals surface area contributed by atoms with Gasteiger partial charge in [-0.05, 0) is 50.8 Å². The van der Waals surface area contributed by atoms with Crippen LogP contribution in [0.3, 0.4) is 0 Å². The maximum absolute atomic E-state index is 11.9. The van der Waals surface area contributed by atoms with E-state index in [1.54, 1.807) is 24.3 Å². The van der Waals surface area contributed by atoms with E-state index in [2.05, 4.69) is 10.6 Å². The standard InChI is InChI=1S/C16H23N3O2/c1-10(2)18-16(21)12-4-3-5-13(8-12)19-15(20)9-14(17)11-6-7-11/h3-5,8,10-11,14H,6-7,9,17H2,1-2H3,(H,18,21)(H,19,20). The Morgan fingerprint density at radius 1 is 1.33 bits per heavy atom. The summed E-state index contributed by atoms with van der Waals surface area (Å²) in [6.07, 6.45) is 2.58. The molecule has 0 saturated heterocycles. The van der Waals surface area contributed by atoms with E-state index in [0.717, 1.165) is 12.8 Å². The quantitative estimate of drug-likeness (QED) is 0.747. The minimum atomic E-state index is -0.143. The molecule has 1 aromatic rings. The number of hydrogen-bond acceptors (Lipinski definition) is 3. The molecule has 1 atom stereocenters. The lowest BCUT2D eigenvalue weighted by Gasteiger charge is -2.12. The van der Waals surface area contributed by atoms with E-state index in [1.165, 1.54) is 0 Å². The second kappa shape index (κ2) is 6.72. The van der Waals surface area contributed by atoms with Crippen molar-refractivity contribution < 1.29 is 9.59 Å². The number of benzene rings is 1. The summed E-state index contributed by atoms with van der Waals surface area (Å²) in [6, 6.07) is 6.95. The van der Waals surface area contributed by atoms with Gasteiger partial charge < -0.3 is 16.4 Å². The summed E-state index contributed by atoms with van der Waals surface area (Å²) in [4.78, 5) is 23.8. The normalized spacial score (nSPS) is 15.6. The van der Waals surface area contributed by atoms with Crippen LogP contribution >= 0.6 is 0 Å². The van der Waals surface area contributed by atoms with Crippen molar-refractivity contribution in [2.24, 2.45) is 11.7 Å². The van der Waals surface area contributed by atoms with Crippen LogP contribution in [0.1, 0.15) is 43.5 Å². The minimum Gasteiger partial charge on any atom is -0.350 e. The SMILES string of the molecule is CC(C)NC(=O)c1cccc(NC(=O)CC(N)C2CC2)c1. The van der Waals surface area contributed by atoms with E-state index in [4.69, 9.17) is 5.73 Å². The highest BCUT2D eigenvalue weighted by Crippen LogP contribution is 2.32. The Morgan fingerprint density at radius 2 is 2.05 bits per heavy atom. The van der Waals surface area contributed by atoms with Gasteiger partial charge in [0.2, 0.25) is 5.91 Å². The number of hydrogen-bond donors (Lipinski definition) is 3. The summed E-state index contributed by atoms with van der Waals surface area (Å²) in [5.41, 5.74) is 7.10. The van der Waals surface area contributed by atoms with Crippen LogP contribution < -0.4 is 16.4 Å². The molecule has 2 amide bonds. The first-order valence-electron chi connectivity index (χ1n) is 7.42. The molecule has 1 aromatic carbocycles. The largest absolute Gasteiger partial charge is 0.350 e. The van der Waals surface area contributed by atoms with E-state index in [0.29, 0.717) is 23.6 Å². The lowest BCUT2D eigenvalue weighted by molar-refractivity contribution is -0.116. The van der Waals surface area contributed by atoms with Crippen molar-refractivity contribution in [2.45, 2.75) is 45.2 Å². The zero-order chi connectivity index (χ0) is 15.4. The topological polar surface area (TPSA) is 84.2 Å². The fraction of sp³-hybridized carbons (Fsp3) is 0.500. The highest BCUT2D eigenvalue weighted by molar-refractivity contribution is 5.97. The van der Waals surface area contributed by atoms with Gasteiger partial charge in [0.15, 0.2) is 0 Å². The molecule has 5 nitrogen and oxygen atoms in total. The number of amides is 2. The molecule has 2 rings (SSSR count). The molecule has 114 valence electrons. The van der Waals surface area contributed by atoms with Gasteiger partial charge in [-0.2, -0.15) is 0 Å². The van der Waals surface area contributed by atoms with Crippen molar-refractivity contribution in [1.82, 2.24) is 5.32 Å². The number of nitrogens with one attached hydrogen (secondary N) is 2. The summed E-state index contributed by atoms with van der Waals surface area (Å²) in [5, 5.41) is 5.63. The van der Waals surface area contributed by atoms with Gasteiger partial charge in [-0.3, -0.25) is 9.59 Å². The molecular formula is C16H23N3O2. The van der Waals surface area contributed by atoms with Crippen LogP contribution in [-0.4, -0.2) is 23.9 Å². The van der Waals surface area contributed by atoms with Gasteiger partial charge in [0.05, 0.1) is 0 Å². The monoisotopic (exact) mass is 289 g/mol. The Labute approximate surface area is 125 Å². The fourth-order valence-electron chi connectivity index (χ4n) is 2.20. The lowest BCUT2D eigenvalue weighted by Crippen LogP contribution is -2.30. The average Bonchev–Trinajstić information content (AvgIpc) is 3.22. The van der Waals surface area contributed by atoms with Gasteiger partial charge in [0.1, 0.15) is 0 Å². The van der Waals surface area contributed by atoms with Crippen molar-refractivity contribution >= 4 is 17.5 Å². The van der Waals surface area contributed by atoms with Gasteiger partial charge in [-0.15, -0.1) is 0 Å². The Morgan fingerprint density at radius 3 is 2.67 bits per heavy atom. The van der Waals surface area contributed by atoms with Crippen molar-refractivity contribution in [3.05, 3.63) is 29.8 Å². The zero-order valence-electron chi connectivity index (χ0n) is 12.6. The van der Waals surface area contributed by atoms with Crippen LogP contribution in [0, 0.1) is 5.92 Å². The van der Waals surface area contributed by atoms with Crippen LogP contribution in [0.5, 0.6) is 0 Å². The molecule has 0 bridgehead atoms. The molecule has 1 unspecified atom stereocenters. The Bertz CT molecular complexity index is 524. The Balaban J connectivity index is 1.93. The predicted octanol–water partition coefficient (Wildman–Crippen LogP) is 1.89. The molecule has 1 saturated carbocycles. The molecule has 0 heterocycles. The summed E-state index contributed by atoms with van der Waals surface area (Å²) in [7, 11) is 0. The van der Waals surface area contributed by atoms with E-state index in [1.807, 2.05) is 13.8 Å². The minimum absolute atomic E-state index is 0.0579. The maximum atomic E-state index is 11.9. The highest BCUT2D eigenvalue weighted by atomic mass is 16.2. The Kier molecular flexibility index (Phi) is 4.96. The fourth-order valence-corrected chi connectivity index (χ4v) is 2.20. The van der Waals surface area contributed by atoms with Gasteiger partial charge >= 0.3 is 0 Å². The first-order chi connectivity index (χ1) is 9.95. The molecule has 1 aliphatic rings. The molecule has 21 heavy (non-hydrogen) atoms. The van der Waals surface area contributed by atoms with Crippen molar-refractivity contribution in [3.8, 4) is 0 Å². The second-order valence-electron chi connectivity index (χ2n) is 5.96. The molecule has 0 aromatic heterocycles. The molecule has 0 spiro atoms. The van der Waals surface area contributed by atoms with Gasteiger partial charge in [-0.1, -0.05) is 6.07 Å². The number of anilines is 1. The van der Waals surface area contributed by atoms with Gasteiger partial charge in [0, 0.05) is 29.8 Å². The van der Waals surface area contributed by atoms with Crippen LogP contribution in [0.15, 0.2) is 24.3 Å². The molecular weight excluding hydrogens is 266 g/mol. The highest BCUT2D eigenvalue weighted by Gasteiger charge is 2.29. The lowest BCUT2D eigenvalue weighted by atomic mass is 10.1. The molecule has 1 aliphatic carbocycles. The number of carbonyl (C=O) groups is 2. The molecule has 1 fully saturated rings. The molecule has 0 aliphatic heterocycles. The molecule has 4 N–H and O–H groups in total. The second-order valence-corrected chi connectivity index (χ2v) is 5.96. The third-order valence-corrected chi connectivity index (χ3v) is 3.48. The number of nitrogens with two attached hydrogens (primary N) is 1. The van der Waals surface area contributed by atoms with Crippen LogP contribution in [-0.2, 0) is 4.79 Å². The summed E-state index contributed by atoms with van der Waals surface area (Å²) in [6.45, 7) is 3.81. The van der Waals surface area contributed by atoms with Crippen molar-refractivity contribution in [2.75, 3.05) is 5.32 Å². The van der Waals surface area contributed by atoms with Crippen molar-refractivity contribution in [1.29, 1.82) is 0 Å². The third kappa shape index (κ3) is 4.86. The third-order valence-electron chi connectivity index (χ3n) is 3.48.